The van der Waals surface area contributed by atoms with E-state index in [0.29, 0.717) is 5.92 Å². The molecule has 3 nitrogen and oxygen atoms in total. The molecule has 0 radical (unpaired) electrons. The fourth-order valence-electron chi connectivity index (χ4n) is 5.27. The Bertz CT molecular complexity index is 362. The number of rotatable bonds is 5. The van der Waals surface area contributed by atoms with Crippen molar-refractivity contribution in [3.05, 3.63) is 12.7 Å². The average molecular weight is 264 g/mol. The Hall–Kier alpha value is -0.830. The molecule has 0 saturated heterocycles. The van der Waals surface area contributed by atoms with Crippen LogP contribution >= 0.6 is 0 Å². The number of ether oxygens (including phenoxy) is 2. The van der Waals surface area contributed by atoms with Crippen LogP contribution in [0, 0.1) is 23.7 Å². The van der Waals surface area contributed by atoms with Crippen LogP contribution in [0.15, 0.2) is 12.7 Å². The van der Waals surface area contributed by atoms with Gasteiger partial charge in [0.2, 0.25) is 0 Å². The summed E-state index contributed by atoms with van der Waals surface area (Å²) in [6.45, 7) is 5.77. The van der Waals surface area contributed by atoms with Crippen molar-refractivity contribution in [1.29, 1.82) is 0 Å². The van der Waals surface area contributed by atoms with E-state index in [1.807, 2.05) is 0 Å². The molecule has 4 rings (SSSR count). The Morgan fingerprint density at radius 2 is 2.00 bits per heavy atom. The van der Waals surface area contributed by atoms with E-state index in [1.54, 1.807) is 0 Å². The summed E-state index contributed by atoms with van der Waals surface area (Å²) in [5, 5.41) is 0. The van der Waals surface area contributed by atoms with E-state index < -0.39 is 5.97 Å². The Morgan fingerprint density at radius 3 is 2.58 bits per heavy atom. The van der Waals surface area contributed by atoms with Gasteiger partial charge < -0.3 is 9.47 Å². The molecule has 19 heavy (non-hydrogen) atoms. The zero-order valence-electron chi connectivity index (χ0n) is 11.8. The van der Waals surface area contributed by atoms with Gasteiger partial charge in [-0.1, -0.05) is 19.9 Å². The highest BCUT2D eigenvalue weighted by Gasteiger charge is 2.57. The third-order valence-corrected chi connectivity index (χ3v) is 5.61. The van der Waals surface area contributed by atoms with Crippen LogP contribution in [0.2, 0.25) is 0 Å². The normalized spacial score (nSPS) is 43.2. The summed E-state index contributed by atoms with van der Waals surface area (Å²) in [5.41, 5.74) is -0.00898. The van der Waals surface area contributed by atoms with E-state index in [0.717, 1.165) is 17.8 Å². The van der Waals surface area contributed by atoms with Gasteiger partial charge in [-0.2, -0.15) is 0 Å². The van der Waals surface area contributed by atoms with Crippen LogP contribution in [0.3, 0.4) is 0 Å². The average Bonchev–Trinajstić information content (AvgIpc) is 2.37. The molecule has 0 amide bonds. The predicted octanol–water partition coefficient (Wildman–Crippen LogP) is 3.29. The summed E-state index contributed by atoms with van der Waals surface area (Å²) in [5.74, 6) is 2.79. The topological polar surface area (TPSA) is 35.5 Å². The number of carbonyl (C=O) groups is 1. The van der Waals surface area contributed by atoms with Crippen LogP contribution in [0.5, 0.6) is 0 Å². The number of carbonyl (C=O) groups excluding carboxylic acids is 1. The zero-order valence-corrected chi connectivity index (χ0v) is 11.8. The molecule has 3 unspecified atom stereocenters. The molecule has 4 bridgehead atoms. The first-order valence-corrected chi connectivity index (χ1v) is 7.60. The fraction of sp³-hybridized carbons (Fsp3) is 0.812. The maximum atomic E-state index is 11.1. The first-order chi connectivity index (χ1) is 9.16. The molecule has 4 fully saturated rings. The minimum absolute atomic E-state index is 0.00898. The second-order valence-corrected chi connectivity index (χ2v) is 6.62. The van der Waals surface area contributed by atoms with Crippen LogP contribution in [0.1, 0.15) is 45.4 Å². The summed E-state index contributed by atoms with van der Waals surface area (Å²) >= 11 is 0. The van der Waals surface area contributed by atoms with Crippen molar-refractivity contribution in [2.75, 3.05) is 6.79 Å². The van der Waals surface area contributed by atoms with Crippen molar-refractivity contribution in [3.63, 3.8) is 0 Å². The maximum Gasteiger partial charge on any atom is 0.332 e. The van der Waals surface area contributed by atoms with Crippen molar-refractivity contribution in [3.8, 4) is 0 Å². The molecule has 0 aliphatic heterocycles. The largest absolute Gasteiger partial charge is 0.435 e. The van der Waals surface area contributed by atoms with Crippen LogP contribution < -0.4 is 0 Å². The standard InChI is InChI=1S/C16H24O3/c1-3-14-13-6-11-5-12(7-13)9-16(14,8-11)19-10-18-15(17)4-2/h4,11-14H,2-3,5-10H2,1H3. The summed E-state index contributed by atoms with van der Waals surface area (Å²) in [7, 11) is 0. The number of hydrogen-bond acceptors (Lipinski definition) is 3. The molecule has 0 aromatic heterocycles. The highest BCUT2D eigenvalue weighted by molar-refractivity contribution is 5.81. The number of hydrogen-bond donors (Lipinski definition) is 0. The van der Waals surface area contributed by atoms with Gasteiger partial charge in [0.25, 0.3) is 0 Å². The minimum Gasteiger partial charge on any atom is -0.435 e. The van der Waals surface area contributed by atoms with E-state index in [4.69, 9.17) is 9.47 Å². The molecular formula is C16H24O3. The SMILES string of the molecule is C=CC(=O)OCOC12CC3CC(CC(C3)C1CC)C2. The molecule has 0 spiro atoms. The van der Waals surface area contributed by atoms with E-state index in [1.165, 1.54) is 44.6 Å². The van der Waals surface area contributed by atoms with Gasteiger partial charge in [-0.25, -0.2) is 4.79 Å². The molecule has 0 heterocycles. The van der Waals surface area contributed by atoms with Crippen LogP contribution in [-0.4, -0.2) is 18.4 Å². The maximum absolute atomic E-state index is 11.1. The lowest BCUT2D eigenvalue weighted by molar-refractivity contribution is -0.236. The third-order valence-electron chi connectivity index (χ3n) is 5.61. The molecule has 4 aliphatic carbocycles. The van der Waals surface area contributed by atoms with Gasteiger partial charge >= 0.3 is 5.97 Å². The molecule has 3 heteroatoms. The van der Waals surface area contributed by atoms with Gasteiger partial charge in [0.15, 0.2) is 6.79 Å². The molecular weight excluding hydrogens is 240 g/mol. The zero-order chi connectivity index (χ0) is 13.5. The van der Waals surface area contributed by atoms with Gasteiger partial charge in [-0.3, -0.25) is 0 Å². The van der Waals surface area contributed by atoms with E-state index >= 15 is 0 Å². The molecule has 4 saturated carbocycles. The van der Waals surface area contributed by atoms with Crippen molar-refractivity contribution in [2.45, 2.75) is 51.0 Å². The summed E-state index contributed by atoms with van der Waals surface area (Å²) < 4.78 is 11.2. The van der Waals surface area contributed by atoms with Gasteiger partial charge in [0, 0.05) is 6.08 Å². The fourth-order valence-corrected chi connectivity index (χ4v) is 5.27. The minimum atomic E-state index is -0.391. The van der Waals surface area contributed by atoms with E-state index in [2.05, 4.69) is 13.5 Å². The smallest absolute Gasteiger partial charge is 0.332 e. The lowest BCUT2D eigenvalue weighted by Gasteiger charge is -2.60. The summed E-state index contributed by atoms with van der Waals surface area (Å²) in [6, 6.07) is 0. The summed E-state index contributed by atoms with van der Waals surface area (Å²) in [6.07, 6.45) is 8.90. The van der Waals surface area contributed by atoms with Gasteiger partial charge in [0.1, 0.15) is 0 Å². The monoisotopic (exact) mass is 264 g/mol. The first kappa shape index (κ1) is 13.2. The van der Waals surface area contributed by atoms with E-state index in [-0.39, 0.29) is 12.4 Å². The van der Waals surface area contributed by atoms with Crippen LogP contribution in [-0.2, 0) is 14.3 Å². The predicted molar refractivity (Wildman–Crippen MR) is 72.3 cm³/mol. The van der Waals surface area contributed by atoms with E-state index in [9.17, 15) is 4.79 Å². The van der Waals surface area contributed by atoms with Crippen LogP contribution in [0.25, 0.3) is 0 Å². The van der Waals surface area contributed by atoms with Crippen molar-refractivity contribution < 1.29 is 14.3 Å². The quantitative estimate of drug-likeness (QED) is 0.434. The molecule has 0 aromatic rings. The van der Waals surface area contributed by atoms with Gasteiger partial charge in [0.05, 0.1) is 5.60 Å². The molecule has 0 N–H and O–H groups in total. The highest BCUT2D eigenvalue weighted by Crippen LogP contribution is 2.60. The third kappa shape index (κ3) is 2.22. The second-order valence-electron chi connectivity index (χ2n) is 6.62. The van der Waals surface area contributed by atoms with Gasteiger partial charge in [-0.15, -0.1) is 0 Å². The second kappa shape index (κ2) is 4.93. The molecule has 0 aromatic carbocycles. The Balaban J connectivity index is 1.69. The van der Waals surface area contributed by atoms with Crippen molar-refractivity contribution in [2.24, 2.45) is 23.7 Å². The Morgan fingerprint density at radius 1 is 1.32 bits per heavy atom. The Labute approximate surface area is 115 Å². The lowest BCUT2D eigenvalue weighted by atomic mass is 9.49. The lowest BCUT2D eigenvalue weighted by Crippen LogP contribution is -2.58. The van der Waals surface area contributed by atoms with Crippen molar-refractivity contribution >= 4 is 5.97 Å². The van der Waals surface area contributed by atoms with Crippen molar-refractivity contribution in [1.82, 2.24) is 0 Å². The number of esters is 1. The molecule has 4 aliphatic rings. The molecule has 106 valence electrons. The van der Waals surface area contributed by atoms with Crippen LogP contribution in [0.4, 0.5) is 0 Å². The molecule has 3 atom stereocenters. The van der Waals surface area contributed by atoms with Gasteiger partial charge in [-0.05, 0) is 55.8 Å². The Kier molecular flexibility index (Phi) is 3.42. The summed E-state index contributed by atoms with van der Waals surface area (Å²) in [4.78, 5) is 11.1. The highest BCUT2D eigenvalue weighted by atomic mass is 16.7. The first-order valence-electron chi connectivity index (χ1n) is 7.60.